The molecule has 0 spiro atoms. The first-order valence-electron chi connectivity index (χ1n) is 14.3. The van der Waals surface area contributed by atoms with Crippen LogP contribution in [0.2, 0.25) is 0 Å². The number of nitrogens with one attached hydrogen (secondary N) is 1. The van der Waals surface area contributed by atoms with Gasteiger partial charge in [-0.15, -0.1) is 0 Å². The Kier molecular flexibility index (Phi) is 10.8. The van der Waals surface area contributed by atoms with Gasteiger partial charge in [0.25, 0.3) is 0 Å². The molecule has 0 bridgehead atoms. The summed E-state index contributed by atoms with van der Waals surface area (Å²) in [6.07, 6.45) is -7.09. The molecule has 1 aliphatic rings. The van der Waals surface area contributed by atoms with Gasteiger partial charge in [-0.1, -0.05) is 30.3 Å². The number of hydrogen-bond acceptors (Lipinski definition) is 13. The van der Waals surface area contributed by atoms with Gasteiger partial charge in [0.2, 0.25) is 5.91 Å². The fourth-order valence-corrected chi connectivity index (χ4v) is 5.25. The van der Waals surface area contributed by atoms with Crippen LogP contribution in [0.5, 0.6) is 5.75 Å². The number of ether oxygens (including phenoxy) is 5. The lowest BCUT2D eigenvalue weighted by Crippen LogP contribution is -2.69. The number of hydrogen-bond donors (Lipinski definition) is 3. The molecule has 0 saturated carbocycles. The predicted molar refractivity (Wildman–Crippen MR) is 158 cm³/mol. The first kappa shape index (κ1) is 34.1. The monoisotopic (exact) mass is 641 g/mol. The second kappa shape index (κ2) is 14.5. The van der Waals surface area contributed by atoms with Gasteiger partial charge >= 0.3 is 29.3 Å². The Morgan fingerprint density at radius 3 is 2.35 bits per heavy atom. The molecule has 3 aromatic rings. The van der Waals surface area contributed by atoms with Gasteiger partial charge in [0.15, 0.2) is 12.2 Å². The summed E-state index contributed by atoms with van der Waals surface area (Å²) in [5.41, 5.74) is 0.756. The Bertz CT molecular complexity index is 1640. The lowest BCUT2D eigenvalue weighted by Gasteiger charge is -2.47. The smallest absolute Gasteiger partial charge is 0.380 e. The molecule has 1 amide bonds. The third kappa shape index (κ3) is 8.07. The molecule has 6 atom stereocenters. The van der Waals surface area contributed by atoms with Gasteiger partial charge in [-0.25, -0.2) is 9.59 Å². The number of carbonyl (C=O) groups is 4. The van der Waals surface area contributed by atoms with E-state index in [4.69, 9.17) is 28.1 Å². The van der Waals surface area contributed by atoms with Crippen molar-refractivity contribution in [2.24, 2.45) is 0 Å². The first-order valence-corrected chi connectivity index (χ1v) is 14.3. The van der Waals surface area contributed by atoms with Crippen LogP contribution in [0.4, 0.5) is 0 Å². The molecular weight excluding hydrogens is 606 g/mol. The van der Waals surface area contributed by atoms with E-state index in [1.165, 1.54) is 18.2 Å². The highest BCUT2D eigenvalue weighted by molar-refractivity contribution is 5.82. The van der Waals surface area contributed by atoms with Crippen LogP contribution in [0.1, 0.15) is 38.3 Å². The quantitative estimate of drug-likeness (QED) is 0.155. The molecule has 3 N–H and O–H groups in total. The zero-order valence-corrected chi connectivity index (χ0v) is 25.6. The standard InChI is InChI=1S/C32H35NO13/c1-17-12-27(39)44-25-13-22(10-11-23(17)25)45-32(31(40)41-16-21-8-6-5-7-9-21)14-24(38)28(33-18(2)35)30(46-32)29(43-20(4)37)26(15-34)42-19(3)36/h5-13,24,26,28-30,34,38H,14-16H2,1-4H3,(H,33,35)/t24-,26+,28+,29+,30+,32+/m0/s1. The van der Waals surface area contributed by atoms with Gasteiger partial charge in [0.1, 0.15) is 24.0 Å². The molecule has 246 valence electrons. The molecule has 0 aliphatic carbocycles. The van der Waals surface area contributed by atoms with Crippen LogP contribution < -0.4 is 15.7 Å². The van der Waals surface area contributed by atoms with Crippen molar-refractivity contribution in [1.29, 1.82) is 0 Å². The summed E-state index contributed by atoms with van der Waals surface area (Å²) in [5.74, 6) is -5.97. The molecule has 2 aromatic carbocycles. The van der Waals surface area contributed by atoms with Gasteiger partial charge in [0.05, 0.1) is 25.2 Å². The van der Waals surface area contributed by atoms with Crippen LogP contribution in [-0.4, -0.2) is 76.9 Å². The van der Waals surface area contributed by atoms with Crippen molar-refractivity contribution in [3.63, 3.8) is 0 Å². The van der Waals surface area contributed by atoms with E-state index in [2.05, 4.69) is 5.32 Å². The summed E-state index contributed by atoms with van der Waals surface area (Å²) < 4.78 is 33.9. The van der Waals surface area contributed by atoms with Crippen molar-refractivity contribution in [3.8, 4) is 5.75 Å². The summed E-state index contributed by atoms with van der Waals surface area (Å²) in [5, 5.41) is 24.7. The van der Waals surface area contributed by atoms with Gasteiger partial charge < -0.3 is 43.6 Å². The first-order chi connectivity index (χ1) is 21.8. The number of aryl methyl sites for hydroxylation is 1. The summed E-state index contributed by atoms with van der Waals surface area (Å²) in [6.45, 7) is 3.89. The number of esters is 3. The van der Waals surface area contributed by atoms with Gasteiger partial charge in [0, 0.05) is 38.3 Å². The van der Waals surface area contributed by atoms with E-state index in [9.17, 15) is 34.2 Å². The molecule has 1 saturated heterocycles. The molecule has 1 aromatic heterocycles. The average molecular weight is 642 g/mol. The van der Waals surface area contributed by atoms with E-state index in [1.54, 1.807) is 43.3 Å². The molecule has 2 heterocycles. The largest absolute Gasteiger partial charge is 0.456 e. The number of aliphatic hydroxyl groups excluding tert-OH is 2. The Hall–Kier alpha value is -4.79. The predicted octanol–water partition coefficient (Wildman–Crippen LogP) is 1.43. The summed E-state index contributed by atoms with van der Waals surface area (Å²) in [6, 6.07) is 13.0. The highest BCUT2D eigenvalue weighted by atomic mass is 16.7. The molecule has 1 fully saturated rings. The number of benzene rings is 2. The number of rotatable bonds is 11. The minimum Gasteiger partial charge on any atom is -0.456 e. The lowest BCUT2D eigenvalue weighted by atomic mass is 9.88. The average Bonchev–Trinajstić information content (AvgIpc) is 2.98. The van der Waals surface area contributed by atoms with E-state index in [1.807, 2.05) is 0 Å². The summed E-state index contributed by atoms with van der Waals surface area (Å²) in [4.78, 5) is 62.4. The number of amides is 1. The number of aliphatic hydroxyl groups is 2. The van der Waals surface area contributed by atoms with Crippen LogP contribution in [0.3, 0.4) is 0 Å². The zero-order chi connectivity index (χ0) is 33.6. The van der Waals surface area contributed by atoms with Gasteiger partial charge in [-0.05, 0) is 30.2 Å². The topological polar surface area (TPSA) is 197 Å². The van der Waals surface area contributed by atoms with Crippen molar-refractivity contribution < 1.29 is 57.5 Å². The maximum absolute atomic E-state index is 14.0. The van der Waals surface area contributed by atoms with E-state index in [0.717, 1.165) is 20.8 Å². The summed E-state index contributed by atoms with van der Waals surface area (Å²) >= 11 is 0. The highest BCUT2D eigenvalue weighted by Gasteiger charge is 2.59. The molecule has 14 heteroatoms. The van der Waals surface area contributed by atoms with Crippen LogP contribution in [0.15, 0.2) is 63.8 Å². The Balaban J connectivity index is 1.83. The molecular formula is C32H35NO13. The Morgan fingerprint density at radius 2 is 1.72 bits per heavy atom. The summed E-state index contributed by atoms with van der Waals surface area (Å²) in [7, 11) is 0. The van der Waals surface area contributed by atoms with Crippen molar-refractivity contribution in [3.05, 3.63) is 76.1 Å². The van der Waals surface area contributed by atoms with Gasteiger partial charge in [-0.3, -0.25) is 14.4 Å². The van der Waals surface area contributed by atoms with Gasteiger partial charge in [-0.2, -0.15) is 0 Å². The van der Waals surface area contributed by atoms with Crippen molar-refractivity contribution in [2.45, 2.75) is 77.0 Å². The fraction of sp³-hybridized carbons (Fsp3) is 0.406. The minimum absolute atomic E-state index is 0.0374. The molecule has 0 unspecified atom stereocenters. The zero-order valence-electron chi connectivity index (χ0n) is 25.6. The lowest BCUT2D eigenvalue weighted by molar-refractivity contribution is -0.289. The van der Waals surface area contributed by atoms with Crippen LogP contribution in [0, 0.1) is 6.92 Å². The maximum atomic E-state index is 14.0. The van der Waals surface area contributed by atoms with Crippen LogP contribution in [0.25, 0.3) is 11.0 Å². The van der Waals surface area contributed by atoms with E-state index >= 15 is 0 Å². The SMILES string of the molecule is CC(=O)N[C@H]1[C@H]([C@H](OC(C)=O)[C@@H](CO)OC(C)=O)O[C@@](Oc2ccc3c(C)cc(=O)oc3c2)(C(=O)OCc2ccccc2)C[C@@H]1O. The third-order valence-electron chi connectivity index (χ3n) is 7.16. The Morgan fingerprint density at radius 1 is 1.02 bits per heavy atom. The highest BCUT2D eigenvalue weighted by Crippen LogP contribution is 2.37. The van der Waals surface area contributed by atoms with E-state index in [0.29, 0.717) is 16.5 Å². The third-order valence-corrected chi connectivity index (χ3v) is 7.16. The van der Waals surface area contributed by atoms with Crippen molar-refractivity contribution in [1.82, 2.24) is 5.32 Å². The molecule has 46 heavy (non-hydrogen) atoms. The fourth-order valence-electron chi connectivity index (χ4n) is 5.25. The van der Waals surface area contributed by atoms with Crippen molar-refractivity contribution in [2.75, 3.05) is 6.61 Å². The normalized spacial score (nSPS) is 22.3. The second-order valence-corrected chi connectivity index (χ2v) is 10.8. The van der Waals surface area contributed by atoms with Crippen molar-refractivity contribution >= 4 is 34.8 Å². The maximum Gasteiger partial charge on any atom is 0.380 e. The van der Waals surface area contributed by atoms with Crippen LogP contribution in [-0.2, 0) is 44.7 Å². The Labute approximate surface area is 263 Å². The van der Waals surface area contributed by atoms with E-state index in [-0.39, 0.29) is 17.9 Å². The number of carbonyl (C=O) groups excluding carboxylic acids is 4. The second-order valence-electron chi connectivity index (χ2n) is 10.8. The number of fused-ring (bicyclic) bond motifs is 1. The minimum atomic E-state index is -2.47. The molecule has 0 radical (unpaired) electrons. The molecule has 14 nitrogen and oxygen atoms in total. The molecule has 4 rings (SSSR count). The van der Waals surface area contributed by atoms with Crippen LogP contribution >= 0.6 is 0 Å². The molecule has 1 aliphatic heterocycles. The van der Waals surface area contributed by atoms with E-state index < -0.39 is 78.7 Å².